The first kappa shape index (κ1) is 28.4. The average molecular weight is 615 g/mol. The second-order valence-corrected chi connectivity index (χ2v) is 15.2. The Bertz CT molecular complexity index is 1480. The van der Waals surface area contributed by atoms with E-state index in [0.717, 1.165) is 74.5 Å². The maximum absolute atomic E-state index is 13.3. The summed E-state index contributed by atoms with van der Waals surface area (Å²) in [6.45, 7) is 4.46. The third kappa shape index (κ3) is 5.42. The fraction of sp³-hybridized carbons (Fsp3) is 0.594. The molecule has 4 bridgehead atoms. The lowest BCUT2D eigenvalue weighted by atomic mass is 9.67. The fourth-order valence-electron chi connectivity index (χ4n) is 7.99. The molecule has 6 atom stereocenters. The van der Waals surface area contributed by atoms with Crippen molar-refractivity contribution in [1.29, 1.82) is 0 Å². The Kier molecular flexibility index (Phi) is 7.44. The van der Waals surface area contributed by atoms with Crippen molar-refractivity contribution in [2.75, 3.05) is 37.0 Å². The van der Waals surface area contributed by atoms with Crippen molar-refractivity contribution in [2.45, 2.75) is 75.6 Å². The van der Waals surface area contributed by atoms with Crippen molar-refractivity contribution in [3.05, 3.63) is 58.1 Å². The van der Waals surface area contributed by atoms with E-state index in [1.165, 1.54) is 11.1 Å². The van der Waals surface area contributed by atoms with E-state index in [1.54, 1.807) is 19.1 Å². The molecular formula is C32H39ClN2O6S. The van der Waals surface area contributed by atoms with Gasteiger partial charge >= 0.3 is 0 Å². The molecule has 2 fully saturated rings. The van der Waals surface area contributed by atoms with E-state index in [9.17, 15) is 13.2 Å². The van der Waals surface area contributed by atoms with Gasteiger partial charge in [-0.3, -0.25) is 4.79 Å². The lowest BCUT2D eigenvalue weighted by Crippen LogP contribution is -2.51. The number of hydrogen-bond acceptors (Lipinski definition) is 7. The topological polar surface area (TPSA) is 94.2 Å². The maximum atomic E-state index is 13.3. The van der Waals surface area contributed by atoms with E-state index >= 15 is 0 Å². The van der Waals surface area contributed by atoms with E-state index in [4.69, 9.17) is 25.8 Å². The Balaban J connectivity index is 1.29. The molecule has 0 aromatic heterocycles. The second kappa shape index (κ2) is 11.0. The van der Waals surface area contributed by atoms with Gasteiger partial charge in [-0.15, -0.1) is 0 Å². The zero-order valence-electron chi connectivity index (χ0n) is 24.0. The summed E-state index contributed by atoms with van der Waals surface area (Å²) < 4.78 is 47.3. The Hall–Kier alpha value is -2.33. The van der Waals surface area contributed by atoms with E-state index < -0.39 is 22.0 Å². The van der Waals surface area contributed by atoms with E-state index in [0.29, 0.717) is 30.6 Å². The summed E-state index contributed by atoms with van der Waals surface area (Å²) in [5, 5.41) is 0.751. The standard InChI is InChI=1S/C32H39ClN2O6S/c1-20-17-42(37,38)34-31(36)22-5-9-29-28(14-22)35(16-23-4-7-26(23)30-15-25(41-20)10-12-39-30)18-32(19-40-29)11-2-3-21-13-24(33)6-8-27(21)32/h5-6,8-9,13-14,20,23,25-26,30H,2-4,7,10-12,15-19H2,1H3,(H,34,36)/t20-,23+,25+,26-,30-,32+/m1/s1. The molecule has 42 heavy (non-hydrogen) atoms. The van der Waals surface area contributed by atoms with E-state index in [2.05, 4.69) is 21.8 Å². The monoisotopic (exact) mass is 614 g/mol. The highest BCUT2D eigenvalue weighted by Gasteiger charge is 2.45. The number of sulfonamides is 1. The Morgan fingerprint density at radius 1 is 1.12 bits per heavy atom. The first-order valence-corrected chi connectivity index (χ1v) is 17.3. The number of fused-ring (bicyclic) bond motifs is 7. The number of halogens is 1. The van der Waals surface area contributed by atoms with Gasteiger partial charge in [0.05, 0.1) is 36.4 Å². The molecular weight excluding hydrogens is 576 g/mol. The average Bonchev–Trinajstić information content (AvgIpc) is 3.07. The smallest absolute Gasteiger partial charge is 0.264 e. The summed E-state index contributed by atoms with van der Waals surface area (Å²) in [5.74, 6) is 0.657. The van der Waals surface area contributed by atoms with Crippen LogP contribution in [-0.4, -0.2) is 64.7 Å². The number of amides is 1. The minimum atomic E-state index is -3.91. The van der Waals surface area contributed by atoms with Crippen molar-refractivity contribution < 1.29 is 27.4 Å². The highest BCUT2D eigenvalue weighted by Crippen LogP contribution is 2.47. The highest BCUT2D eigenvalue weighted by molar-refractivity contribution is 7.90. The van der Waals surface area contributed by atoms with Gasteiger partial charge < -0.3 is 19.1 Å². The number of rotatable bonds is 0. The zero-order valence-corrected chi connectivity index (χ0v) is 25.6. The van der Waals surface area contributed by atoms with Gasteiger partial charge in [-0.1, -0.05) is 17.7 Å². The molecule has 8 nitrogen and oxygen atoms in total. The molecule has 2 aromatic carbocycles. The number of anilines is 1. The molecule has 226 valence electrons. The summed E-state index contributed by atoms with van der Waals surface area (Å²) in [6.07, 6.45) is 6.28. The lowest BCUT2D eigenvalue weighted by Gasteiger charge is -2.48. The Morgan fingerprint density at radius 2 is 2.00 bits per heavy atom. The molecule has 7 rings (SSSR count). The third-order valence-electron chi connectivity index (χ3n) is 10.1. The number of benzene rings is 2. The summed E-state index contributed by atoms with van der Waals surface area (Å²) in [5.41, 5.74) is 3.48. The molecule has 2 aliphatic carbocycles. The van der Waals surface area contributed by atoms with Gasteiger partial charge in [0.25, 0.3) is 5.91 Å². The van der Waals surface area contributed by atoms with Crippen molar-refractivity contribution in [2.24, 2.45) is 11.8 Å². The van der Waals surface area contributed by atoms with Gasteiger partial charge in [-0.25, -0.2) is 13.1 Å². The van der Waals surface area contributed by atoms with Crippen molar-refractivity contribution >= 4 is 33.2 Å². The molecule has 1 spiro atoms. The van der Waals surface area contributed by atoms with Crippen molar-refractivity contribution in [3.8, 4) is 5.75 Å². The van der Waals surface area contributed by atoms with E-state index in [-0.39, 0.29) is 23.4 Å². The van der Waals surface area contributed by atoms with Gasteiger partial charge in [-0.05, 0) is 98.7 Å². The third-order valence-corrected chi connectivity index (χ3v) is 11.7. The SMILES string of the molecule is C[C@@H]1CS(=O)(=O)NC(=O)c2ccc3c(c2)N(C[C@@H]2CC[C@H]2[C@H]2C[C@H](CCO2)O1)C[C@@]1(CCCc2cc(Cl)ccc21)CO3. The minimum absolute atomic E-state index is 0.0569. The molecule has 10 heteroatoms. The first-order valence-electron chi connectivity index (χ1n) is 15.3. The molecule has 5 aliphatic rings. The molecule has 1 amide bonds. The summed E-state index contributed by atoms with van der Waals surface area (Å²) in [7, 11) is -3.91. The van der Waals surface area contributed by atoms with Gasteiger partial charge in [-0.2, -0.15) is 0 Å². The molecule has 3 aliphatic heterocycles. The van der Waals surface area contributed by atoms with Gasteiger partial charge in [0.2, 0.25) is 10.0 Å². The molecule has 0 unspecified atom stereocenters. The van der Waals surface area contributed by atoms with Gasteiger partial charge in [0, 0.05) is 42.1 Å². The molecule has 2 aromatic rings. The number of carbonyl (C=O) groups excluding carboxylic acids is 1. The summed E-state index contributed by atoms with van der Waals surface area (Å²) in [6, 6.07) is 11.5. The Morgan fingerprint density at radius 3 is 2.83 bits per heavy atom. The second-order valence-electron chi connectivity index (χ2n) is 13.0. The maximum Gasteiger partial charge on any atom is 0.264 e. The van der Waals surface area contributed by atoms with Crippen LogP contribution < -0.4 is 14.4 Å². The highest BCUT2D eigenvalue weighted by atomic mass is 35.5. The van der Waals surface area contributed by atoms with Gasteiger partial charge in [0.15, 0.2) is 0 Å². The fourth-order valence-corrected chi connectivity index (χ4v) is 9.36. The van der Waals surface area contributed by atoms with Crippen LogP contribution in [0.25, 0.3) is 0 Å². The van der Waals surface area contributed by atoms with Crippen molar-refractivity contribution in [3.63, 3.8) is 0 Å². The van der Waals surface area contributed by atoms with Crippen LogP contribution in [0.1, 0.15) is 66.9 Å². The number of hydrogen-bond donors (Lipinski definition) is 1. The number of aryl methyl sites for hydroxylation is 1. The number of ether oxygens (including phenoxy) is 3. The normalized spacial score (nSPS) is 34.2. The minimum Gasteiger partial charge on any atom is -0.490 e. The predicted octanol–water partition coefficient (Wildman–Crippen LogP) is 4.87. The first-order chi connectivity index (χ1) is 20.2. The van der Waals surface area contributed by atoms with Crippen LogP contribution in [0.15, 0.2) is 36.4 Å². The number of nitrogens with one attached hydrogen (secondary N) is 1. The molecule has 1 saturated heterocycles. The van der Waals surface area contributed by atoms with Crippen LogP contribution in [0.5, 0.6) is 5.75 Å². The quantitative estimate of drug-likeness (QED) is 0.453. The molecule has 0 radical (unpaired) electrons. The number of carbonyl (C=O) groups is 1. The Labute approximate surface area is 253 Å². The summed E-state index contributed by atoms with van der Waals surface area (Å²) in [4.78, 5) is 15.7. The van der Waals surface area contributed by atoms with E-state index in [1.807, 2.05) is 12.1 Å². The van der Waals surface area contributed by atoms with Crippen LogP contribution in [0.2, 0.25) is 5.02 Å². The van der Waals surface area contributed by atoms with Crippen LogP contribution in [0, 0.1) is 11.8 Å². The predicted molar refractivity (Wildman–Crippen MR) is 161 cm³/mol. The van der Waals surface area contributed by atoms with Crippen LogP contribution in [0.3, 0.4) is 0 Å². The van der Waals surface area contributed by atoms with Crippen LogP contribution in [-0.2, 0) is 31.3 Å². The largest absolute Gasteiger partial charge is 0.490 e. The molecule has 1 N–H and O–H groups in total. The van der Waals surface area contributed by atoms with Gasteiger partial charge in [0.1, 0.15) is 5.75 Å². The number of nitrogens with zero attached hydrogens (tertiary/aromatic N) is 1. The van der Waals surface area contributed by atoms with Crippen LogP contribution >= 0.6 is 11.6 Å². The summed E-state index contributed by atoms with van der Waals surface area (Å²) >= 11 is 6.41. The molecule has 1 saturated carbocycles. The molecule has 3 heterocycles. The zero-order chi connectivity index (χ0) is 29.1. The van der Waals surface area contributed by atoms with Crippen molar-refractivity contribution in [1.82, 2.24) is 4.72 Å². The lowest BCUT2D eigenvalue weighted by molar-refractivity contribution is -0.126. The van der Waals surface area contributed by atoms with Crippen LogP contribution in [0.4, 0.5) is 5.69 Å².